The Morgan fingerprint density at radius 1 is 1.26 bits per heavy atom. The molecule has 7 heteroatoms. The highest BCUT2D eigenvalue weighted by Crippen LogP contribution is 2.24. The predicted molar refractivity (Wildman–Crippen MR) is 92.3 cm³/mol. The van der Waals surface area contributed by atoms with Crippen LogP contribution >= 0.6 is 11.6 Å². The monoisotopic (exact) mass is 355 g/mol. The predicted octanol–water partition coefficient (Wildman–Crippen LogP) is 3.04. The van der Waals surface area contributed by atoms with Crippen molar-refractivity contribution in [3.63, 3.8) is 0 Å². The number of aromatic nitrogens is 2. The van der Waals surface area contributed by atoms with Gasteiger partial charge in [-0.2, -0.15) is 5.10 Å². The molecule has 5 nitrogen and oxygen atoms in total. The summed E-state index contributed by atoms with van der Waals surface area (Å²) in [6.07, 6.45) is 0.623. The molecule has 2 rings (SSSR count). The summed E-state index contributed by atoms with van der Waals surface area (Å²) in [5.74, 6) is 0. The smallest absolute Gasteiger partial charge is 0.244 e. The largest absolute Gasteiger partial charge is 0.270 e. The minimum absolute atomic E-state index is 0.141. The molecule has 0 aliphatic rings. The van der Waals surface area contributed by atoms with Crippen LogP contribution in [0.15, 0.2) is 29.2 Å². The van der Waals surface area contributed by atoms with E-state index >= 15 is 0 Å². The molecule has 0 radical (unpaired) electrons. The Bertz CT molecular complexity index is 800. The fourth-order valence-corrected chi connectivity index (χ4v) is 4.28. The quantitative estimate of drug-likeness (QED) is 0.800. The van der Waals surface area contributed by atoms with Gasteiger partial charge in [0.1, 0.15) is 4.90 Å². The van der Waals surface area contributed by atoms with E-state index in [1.165, 1.54) is 10.4 Å². The van der Waals surface area contributed by atoms with E-state index in [0.29, 0.717) is 13.0 Å². The van der Waals surface area contributed by atoms with Crippen LogP contribution in [0.25, 0.3) is 0 Å². The Hall–Kier alpha value is -1.37. The van der Waals surface area contributed by atoms with Crippen molar-refractivity contribution >= 4 is 21.6 Å². The third-order valence-electron chi connectivity index (χ3n) is 4.03. The number of rotatable bonds is 6. The van der Waals surface area contributed by atoms with Gasteiger partial charge >= 0.3 is 0 Å². The Morgan fingerprint density at radius 2 is 1.91 bits per heavy atom. The van der Waals surface area contributed by atoms with Crippen LogP contribution in [0.3, 0.4) is 0 Å². The number of likely N-dealkylation sites (N-methyl/N-ethyl adjacent to an activating group) is 1. The number of halogens is 1. The minimum atomic E-state index is -3.59. The average molecular weight is 356 g/mol. The zero-order chi connectivity index (χ0) is 17.2. The topological polar surface area (TPSA) is 55.2 Å². The van der Waals surface area contributed by atoms with Crippen molar-refractivity contribution in [3.05, 3.63) is 46.2 Å². The Kier molecular flexibility index (Phi) is 5.49. The van der Waals surface area contributed by atoms with E-state index < -0.39 is 10.0 Å². The highest BCUT2D eigenvalue weighted by Gasteiger charge is 2.23. The lowest BCUT2D eigenvalue weighted by molar-refractivity contribution is 0.472. The van der Waals surface area contributed by atoms with Gasteiger partial charge in [0.05, 0.1) is 10.7 Å². The molecule has 0 saturated heterocycles. The van der Waals surface area contributed by atoms with Crippen LogP contribution in [0.4, 0.5) is 0 Å². The van der Waals surface area contributed by atoms with Gasteiger partial charge in [0, 0.05) is 25.8 Å². The van der Waals surface area contributed by atoms with E-state index in [4.69, 9.17) is 11.6 Å². The summed E-state index contributed by atoms with van der Waals surface area (Å²) >= 11 is 6.02. The lowest BCUT2D eigenvalue weighted by atomic mass is 10.1. The van der Waals surface area contributed by atoms with Gasteiger partial charge in [0.15, 0.2) is 0 Å². The first-order chi connectivity index (χ1) is 10.8. The maximum Gasteiger partial charge on any atom is 0.244 e. The summed E-state index contributed by atoms with van der Waals surface area (Å²) in [6.45, 7) is 7.20. The molecule has 0 unspecified atom stereocenters. The molecule has 0 spiro atoms. The van der Waals surface area contributed by atoms with Crippen molar-refractivity contribution in [2.24, 2.45) is 0 Å². The third kappa shape index (κ3) is 3.59. The third-order valence-corrected chi connectivity index (χ3v) is 6.39. The lowest BCUT2D eigenvalue weighted by Crippen LogP contribution is -2.29. The number of aryl methyl sites for hydroxylation is 2. The number of nitrogens with zero attached hydrogens (tertiary/aromatic N) is 3. The molecule has 0 N–H and O–H groups in total. The molecule has 126 valence electrons. The first-order valence-electron chi connectivity index (χ1n) is 7.52. The summed E-state index contributed by atoms with van der Waals surface area (Å²) < 4.78 is 28.5. The molecule has 0 bridgehead atoms. The number of hydrogen-bond donors (Lipinski definition) is 0. The van der Waals surface area contributed by atoms with E-state index in [9.17, 15) is 8.42 Å². The zero-order valence-electron chi connectivity index (χ0n) is 13.9. The van der Waals surface area contributed by atoms with Gasteiger partial charge in [-0.1, -0.05) is 23.7 Å². The van der Waals surface area contributed by atoms with Crippen LogP contribution in [-0.4, -0.2) is 36.1 Å². The molecule has 0 aliphatic carbocycles. The van der Waals surface area contributed by atoms with Crippen LogP contribution in [-0.2, 0) is 23.0 Å². The molecule has 2 aromatic rings. The van der Waals surface area contributed by atoms with E-state index in [-0.39, 0.29) is 9.92 Å². The second-order valence-corrected chi connectivity index (χ2v) is 7.89. The van der Waals surface area contributed by atoms with Crippen molar-refractivity contribution in [1.29, 1.82) is 0 Å². The second-order valence-electron chi connectivity index (χ2n) is 5.47. The highest BCUT2D eigenvalue weighted by molar-refractivity contribution is 7.89. The molecule has 0 saturated carbocycles. The maximum absolute atomic E-state index is 12.6. The Morgan fingerprint density at radius 3 is 2.48 bits per heavy atom. The molecular formula is C16H22ClN3O2S. The number of benzene rings is 1. The van der Waals surface area contributed by atoms with Crippen molar-refractivity contribution in [2.75, 3.05) is 13.6 Å². The van der Waals surface area contributed by atoms with E-state index in [1.807, 2.05) is 25.5 Å². The molecule has 0 atom stereocenters. The van der Waals surface area contributed by atoms with E-state index in [2.05, 4.69) is 5.10 Å². The van der Waals surface area contributed by atoms with Crippen LogP contribution in [0, 0.1) is 13.8 Å². The van der Waals surface area contributed by atoms with Gasteiger partial charge in [0.25, 0.3) is 0 Å². The second kappa shape index (κ2) is 7.03. The Balaban J connectivity index is 2.18. The molecule has 0 fully saturated rings. The van der Waals surface area contributed by atoms with Crippen molar-refractivity contribution in [3.8, 4) is 0 Å². The first kappa shape index (κ1) is 18.0. The fraction of sp³-hybridized carbons (Fsp3) is 0.438. The average Bonchev–Trinajstić information content (AvgIpc) is 2.79. The fourth-order valence-electron chi connectivity index (χ4n) is 2.61. The summed E-state index contributed by atoms with van der Waals surface area (Å²) in [5, 5.41) is 4.71. The maximum atomic E-state index is 12.6. The highest BCUT2D eigenvalue weighted by atomic mass is 35.5. The van der Waals surface area contributed by atoms with Crippen LogP contribution in [0.1, 0.15) is 23.9 Å². The first-order valence-corrected chi connectivity index (χ1v) is 9.34. The molecular weight excluding hydrogens is 334 g/mol. The molecule has 23 heavy (non-hydrogen) atoms. The van der Waals surface area contributed by atoms with Crippen LogP contribution in [0.2, 0.25) is 5.02 Å². The molecule has 1 aromatic carbocycles. The lowest BCUT2D eigenvalue weighted by Gasteiger charge is -2.18. The molecule has 0 amide bonds. The van der Waals surface area contributed by atoms with Gasteiger partial charge in [-0.3, -0.25) is 4.68 Å². The van der Waals surface area contributed by atoms with Crippen molar-refractivity contribution in [1.82, 2.24) is 14.1 Å². The standard InChI is InChI=1S/C16H22ClN3O2S/c1-5-20-13(3)14(12(2)18-20)10-11-19(4)23(21,22)16-9-7-6-8-15(16)17/h6-9H,5,10-11H2,1-4H3. The molecule has 0 aliphatic heterocycles. The molecule has 1 aromatic heterocycles. The van der Waals surface area contributed by atoms with Crippen molar-refractivity contribution < 1.29 is 8.42 Å². The summed E-state index contributed by atoms with van der Waals surface area (Å²) in [6, 6.07) is 6.50. The number of hydrogen-bond acceptors (Lipinski definition) is 3. The number of sulfonamides is 1. The van der Waals surface area contributed by atoms with Crippen LogP contribution in [0.5, 0.6) is 0 Å². The van der Waals surface area contributed by atoms with Gasteiger partial charge in [-0.05, 0) is 44.9 Å². The van der Waals surface area contributed by atoms with Crippen LogP contribution < -0.4 is 0 Å². The van der Waals surface area contributed by atoms with Gasteiger partial charge < -0.3 is 0 Å². The zero-order valence-corrected chi connectivity index (χ0v) is 15.4. The summed E-state index contributed by atoms with van der Waals surface area (Å²) in [5.41, 5.74) is 3.15. The molecule has 1 heterocycles. The minimum Gasteiger partial charge on any atom is -0.270 e. The van der Waals surface area contributed by atoms with Gasteiger partial charge in [-0.25, -0.2) is 12.7 Å². The van der Waals surface area contributed by atoms with Gasteiger partial charge in [0.2, 0.25) is 10.0 Å². The summed E-state index contributed by atoms with van der Waals surface area (Å²) in [4.78, 5) is 0.141. The summed E-state index contributed by atoms with van der Waals surface area (Å²) in [7, 11) is -2.01. The SMILES string of the molecule is CCn1nc(C)c(CCN(C)S(=O)(=O)c2ccccc2Cl)c1C. The Labute approximate surface area is 142 Å². The van der Waals surface area contributed by atoms with E-state index in [0.717, 1.165) is 23.5 Å². The van der Waals surface area contributed by atoms with Crippen molar-refractivity contribution in [2.45, 2.75) is 38.6 Å². The van der Waals surface area contributed by atoms with Gasteiger partial charge in [-0.15, -0.1) is 0 Å². The van der Waals surface area contributed by atoms with E-state index in [1.54, 1.807) is 25.2 Å². The normalized spacial score (nSPS) is 12.1.